The first-order chi connectivity index (χ1) is 16.7. The lowest BCUT2D eigenvalue weighted by Crippen LogP contribution is -2.33. The van der Waals surface area contributed by atoms with E-state index in [0.717, 1.165) is 33.8 Å². The number of pyridine rings is 2. The highest BCUT2D eigenvalue weighted by Gasteiger charge is 2.16. The van der Waals surface area contributed by atoms with Crippen molar-refractivity contribution in [2.24, 2.45) is 0 Å². The number of fused-ring (bicyclic) bond motifs is 1. The molecule has 0 unspecified atom stereocenters. The van der Waals surface area contributed by atoms with Crippen LogP contribution in [0, 0.1) is 0 Å². The summed E-state index contributed by atoms with van der Waals surface area (Å²) >= 11 is 0. The Morgan fingerprint density at radius 1 is 0.800 bits per heavy atom. The van der Waals surface area contributed by atoms with Crippen molar-refractivity contribution in [3.63, 3.8) is 0 Å². The number of nitrogens with zero attached hydrogens (tertiary/aromatic N) is 4. The Morgan fingerprint density at radius 2 is 1.43 bits per heavy atom. The van der Waals surface area contributed by atoms with Crippen molar-refractivity contribution in [1.82, 2.24) is 24.8 Å². The van der Waals surface area contributed by atoms with Gasteiger partial charge in [0.2, 0.25) is 5.91 Å². The molecule has 0 saturated heterocycles. The van der Waals surface area contributed by atoms with Gasteiger partial charge in [-0.2, -0.15) is 0 Å². The molecule has 0 saturated carbocycles. The van der Waals surface area contributed by atoms with E-state index in [2.05, 4.69) is 25.3 Å². The molecular formula is C27H26N6O2. The maximum absolute atomic E-state index is 13.1. The number of aromatic amines is 1. The summed E-state index contributed by atoms with van der Waals surface area (Å²) in [6.45, 7) is 1.27. The van der Waals surface area contributed by atoms with E-state index in [-0.39, 0.29) is 17.9 Å². The third-order valence-corrected chi connectivity index (χ3v) is 5.44. The normalized spacial score (nSPS) is 10.8. The minimum absolute atomic E-state index is 0. The minimum Gasteiger partial charge on any atom is -0.412 e. The Hall–Kier alpha value is -4.40. The van der Waals surface area contributed by atoms with Gasteiger partial charge in [0.1, 0.15) is 5.82 Å². The summed E-state index contributed by atoms with van der Waals surface area (Å²) in [7, 11) is 0. The monoisotopic (exact) mass is 466 g/mol. The first-order valence-corrected chi connectivity index (χ1v) is 11.1. The summed E-state index contributed by atoms with van der Waals surface area (Å²) < 4.78 is 0. The first-order valence-electron chi connectivity index (χ1n) is 11.1. The molecule has 5 rings (SSSR count). The first kappa shape index (κ1) is 23.7. The summed E-state index contributed by atoms with van der Waals surface area (Å²) in [5, 5.41) is 3.07. The molecule has 0 radical (unpaired) electrons. The number of aromatic nitrogens is 4. The van der Waals surface area contributed by atoms with Gasteiger partial charge >= 0.3 is 0 Å². The number of rotatable bonds is 8. The molecule has 0 spiro atoms. The quantitative estimate of drug-likeness (QED) is 0.360. The summed E-state index contributed by atoms with van der Waals surface area (Å²) in [4.78, 5) is 32.0. The van der Waals surface area contributed by atoms with Gasteiger partial charge in [-0.15, -0.1) is 0 Å². The Balaban J connectivity index is 0.00000289. The summed E-state index contributed by atoms with van der Waals surface area (Å²) in [6.07, 6.45) is 3.52. The SMILES string of the molecule is O.O=C(CN(Cc1ccccn1)Cc1ccccn1)Nc1ccccc1-c1nc2ccccc2[nH]1. The average Bonchev–Trinajstić information content (AvgIpc) is 3.30. The van der Waals surface area contributed by atoms with E-state index in [9.17, 15) is 4.79 Å². The van der Waals surface area contributed by atoms with Crippen molar-refractivity contribution in [2.45, 2.75) is 13.1 Å². The number of carbonyl (C=O) groups excluding carboxylic acids is 1. The molecule has 4 N–H and O–H groups in total. The van der Waals surface area contributed by atoms with Gasteiger partial charge in [-0.3, -0.25) is 19.7 Å². The third-order valence-electron chi connectivity index (χ3n) is 5.44. The molecule has 8 nitrogen and oxygen atoms in total. The number of amides is 1. The van der Waals surface area contributed by atoms with Crippen molar-refractivity contribution in [1.29, 1.82) is 0 Å². The van der Waals surface area contributed by atoms with E-state index >= 15 is 0 Å². The zero-order valence-electron chi connectivity index (χ0n) is 19.1. The van der Waals surface area contributed by atoms with Crippen LogP contribution in [0.2, 0.25) is 0 Å². The van der Waals surface area contributed by atoms with Gasteiger partial charge < -0.3 is 15.8 Å². The zero-order chi connectivity index (χ0) is 23.2. The topological polar surface area (TPSA) is 118 Å². The average molecular weight is 467 g/mol. The van der Waals surface area contributed by atoms with Gasteiger partial charge in [-0.1, -0.05) is 36.4 Å². The predicted octanol–water partition coefficient (Wildman–Crippen LogP) is 3.84. The van der Waals surface area contributed by atoms with Gasteiger partial charge in [0.25, 0.3) is 0 Å². The predicted molar refractivity (Wildman–Crippen MR) is 136 cm³/mol. The highest BCUT2D eigenvalue weighted by Crippen LogP contribution is 2.27. The molecule has 0 aliphatic rings. The lowest BCUT2D eigenvalue weighted by molar-refractivity contribution is -0.117. The molecule has 3 heterocycles. The number of hydrogen-bond acceptors (Lipinski definition) is 5. The van der Waals surface area contributed by atoms with Gasteiger partial charge in [-0.05, 0) is 48.5 Å². The number of anilines is 1. The molecular weight excluding hydrogens is 440 g/mol. The van der Waals surface area contributed by atoms with Crippen molar-refractivity contribution in [3.05, 3.63) is 109 Å². The fourth-order valence-electron chi connectivity index (χ4n) is 3.88. The number of H-pyrrole nitrogens is 1. The van der Waals surface area contributed by atoms with Crippen LogP contribution in [0.15, 0.2) is 97.3 Å². The standard InChI is InChI=1S/C27H24N6O.H2O/c34-26(19-33(17-20-9-5-7-15-28-20)18-21-10-6-8-16-29-21)30-23-12-2-1-11-22(23)27-31-24-13-3-4-14-25(24)32-27;/h1-16H,17-19H2,(H,30,34)(H,31,32);1H2. The Morgan fingerprint density at radius 3 is 2.09 bits per heavy atom. The van der Waals surface area contributed by atoms with Gasteiger partial charge in [0.15, 0.2) is 0 Å². The van der Waals surface area contributed by atoms with Gasteiger partial charge in [-0.25, -0.2) is 4.98 Å². The fourth-order valence-corrected chi connectivity index (χ4v) is 3.88. The van der Waals surface area contributed by atoms with Crippen molar-refractivity contribution in [3.8, 4) is 11.4 Å². The van der Waals surface area contributed by atoms with Crippen LogP contribution in [-0.4, -0.2) is 42.8 Å². The number of carbonyl (C=O) groups is 1. The number of hydrogen-bond donors (Lipinski definition) is 2. The molecule has 0 bridgehead atoms. The number of imidazole rings is 1. The molecule has 0 aliphatic carbocycles. The maximum Gasteiger partial charge on any atom is 0.238 e. The Bertz CT molecular complexity index is 1310. The second-order valence-corrected chi connectivity index (χ2v) is 7.98. The van der Waals surface area contributed by atoms with Crippen molar-refractivity contribution >= 4 is 22.6 Å². The molecule has 35 heavy (non-hydrogen) atoms. The fraction of sp³-hybridized carbons (Fsp3) is 0.111. The number of nitrogens with one attached hydrogen (secondary N) is 2. The summed E-state index contributed by atoms with van der Waals surface area (Å²) in [5.74, 6) is 0.603. The van der Waals surface area contributed by atoms with E-state index in [0.29, 0.717) is 18.8 Å². The summed E-state index contributed by atoms with van der Waals surface area (Å²) in [6, 6.07) is 27.1. The van der Waals surface area contributed by atoms with Crippen molar-refractivity contribution in [2.75, 3.05) is 11.9 Å². The summed E-state index contributed by atoms with van der Waals surface area (Å²) in [5.41, 5.74) is 5.18. The smallest absolute Gasteiger partial charge is 0.238 e. The second kappa shape index (κ2) is 11.1. The van der Waals surface area contributed by atoms with Crippen LogP contribution in [0.5, 0.6) is 0 Å². The van der Waals surface area contributed by atoms with Crippen LogP contribution in [0.3, 0.4) is 0 Å². The van der Waals surface area contributed by atoms with E-state index in [1.807, 2.05) is 89.8 Å². The van der Waals surface area contributed by atoms with E-state index in [1.54, 1.807) is 12.4 Å². The third kappa shape index (κ3) is 5.94. The van der Waals surface area contributed by atoms with Crippen LogP contribution in [0.4, 0.5) is 5.69 Å². The molecule has 0 atom stereocenters. The van der Waals surface area contributed by atoms with Crippen LogP contribution in [0.1, 0.15) is 11.4 Å². The van der Waals surface area contributed by atoms with Gasteiger partial charge in [0, 0.05) is 31.0 Å². The Labute approximate surface area is 203 Å². The number of para-hydroxylation sites is 3. The largest absolute Gasteiger partial charge is 0.412 e. The highest BCUT2D eigenvalue weighted by atomic mass is 16.2. The van der Waals surface area contributed by atoms with E-state index in [1.165, 1.54) is 0 Å². The lowest BCUT2D eigenvalue weighted by Gasteiger charge is -2.21. The van der Waals surface area contributed by atoms with E-state index in [4.69, 9.17) is 0 Å². The van der Waals surface area contributed by atoms with Crippen LogP contribution < -0.4 is 5.32 Å². The molecule has 8 heteroatoms. The Kier molecular flexibility index (Phi) is 7.57. The van der Waals surface area contributed by atoms with Crippen LogP contribution in [-0.2, 0) is 17.9 Å². The highest BCUT2D eigenvalue weighted by molar-refractivity contribution is 5.96. The maximum atomic E-state index is 13.1. The van der Waals surface area contributed by atoms with Crippen molar-refractivity contribution < 1.29 is 10.3 Å². The minimum atomic E-state index is -0.115. The lowest BCUT2D eigenvalue weighted by atomic mass is 10.1. The molecule has 176 valence electrons. The zero-order valence-corrected chi connectivity index (χ0v) is 19.1. The second-order valence-electron chi connectivity index (χ2n) is 7.98. The van der Waals surface area contributed by atoms with E-state index < -0.39 is 0 Å². The molecule has 2 aromatic carbocycles. The molecule has 5 aromatic rings. The molecule has 1 amide bonds. The molecule has 3 aromatic heterocycles. The number of benzene rings is 2. The molecule has 0 fully saturated rings. The molecule has 0 aliphatic heterocycles. The van der Waals surface area contributed by atoms with Crippen LogP contribution >= 0.6 is 0 Å². The van der Waals surface area contributed by atoms with Gasteiger partial charge in [0.05, 0.1) is 34.7 Å². The van der Waals surface area contributed by atoms with Crippen LogP contribution in [0.25, 0.3) is 22.4 Å².